The van der Waals surface area contributed by atoms with E-state index in [4.69, 9.17) is 5.11 Å². The number of aryl methyl sites for hydroxylation is 1. The van der Waals surface area contributed by atoms with Crippen molar-refractivity contribution >= 4 is 11.7 Å². The second kappa shape index (κ2) is 7.74. The largest absolute Gasteiger partial charge is 0.395 e. The van der Waals surface area contributed by atoms with E-state index >= 15 is 0 Å². The zero-order chi connectivity index (χ0) is 14.3. The van der Waals surface area contributed by atoms with Crippen molar-refractivity contribution in [3.05, 3.63) is 29.6 Å². The molecule has 0 saturated heterocycles. The molecule has 0 spiro atoms. The highest BCUT2D eigenvalue weighted by atomic mass is 19.1. The van der Waals surface area contributed by atoms with Crippen molar-refractivity contribution in [2.45, 2.75) is 26.7 Å². The Morgan fingerprint density at radius 1 is 1.42 bits per heavy atom. The number of nitrogens with one attached hydrogen (secondary N) is 1. The van der Waals surface area contributed by atoms with Crippen molar-refractivity contribution in [2.75, 3.05) is 25.0 Å². The number of unbranched alkanes of at least 4 members (excludes halogenated alkanes) is 1. The number of anilines is 1. The smallest absolute Gasteiger partial charge is 0.322 e. The Labute approximate surface area is 113 Å². The number of amides is 2. The van der Waals surface area contributed by atoms with Gasteiger partial charge in [-0.25, -0.2) is 9.18 Å². The highest BCUT2D eigenvalue weighted by Gasteiger charge is 2.14. The third-order valence-electron chi connectivity index (χ3n) is 2.80. The third kappa shape index (κ3) is 4.87. The molecule has 19 heavy (non-hydrogen) atoms. The lowest BCUT2D eigenvalue weighted by Gasteiger charge is -2.22. The average Bonchev–Trinajstić information content (AvgIpc) is 2.38. The summed E-state index contributed by atoms with van der Waals surface area (Å²) < 4.78 is 13.5. The van der Waals surface area contributed by atoms with E-state index < -0.39 is 5.82 Å². The van der Waals surface area contributed by atoms with Crippen molar-refractivity contribution in [1.29, 1.82) is 0 Å². The highest BCUT2D eigenvalue weighted by molar-refractivity contribution is 5.89. The van der Waals surface area contributed by atoms with Crippen LogP contribution in [0.5, 0.6) is 0 Å². The summed E-state index contributed by atoms with van der Waals surface area (Å²) in [6.45, 7) is 4.55. The summed E-state index contributed by atoms with van der Waals surface area (Å²) in [5.74, 6) is -0.460. The lowest BCUT2D eigenvalue weighted by molar-refractivity contribution is 0.187. The standard InChI is InChI=1S/C14H21FN2O2/c1-3-4-7-17(8-9-18)14(19)16-13-10-11(2)5-6-12(13)15/h5-6,10,18H,3-4,7-9H2,1-2H3,(H,16,19). The molecule has 1 aromatic rings. The molecule has 2 N–H and O–H groups in total. The molecule has 0 radical (unpaired) electrons. The third-order valence-corrected chi connectivity index (χ3v) is 2.80. The minimum absolute atomic E-state index is 0.104. The van der Waals surface area contributed by atoms with E-state index in [-0.39, 0.29) is 24.9 Å². The van der Waals surface area contributed by atoms with Gasteiger partial charge in [0.1, 0.15) is 5.82 Å². The van der Waals surface area contributed by atoms with Crippen LogP contribution in [0.15, 0.2) is 18.2 Å². The van der Waals surface area contributed by atoms with Crippen LogP contribution in [0.25, 0.3) is 0 Å². The van der Waals surface area contributed by atoms with E-state index in [0.29, 0.717) is 6.54 Å². The molecule has 0 aliphatic carbocycles. The Hall–Kier alpha value is -1.62. The summed E-state index contributed by atoms with van der Waals surface area (Å²) in [7, 11) is 0. The molecule has 0 aromatic heterocycles. The van der Waals surface area contributed by atoms with Gasteiger partial charge in [0.2, 0.25) is 0 Å². The second-order valence-electron chi connectivity index (χ2n) is 4.48. The molecular weight excluding hydrogens is 247 g/mol. The van der Waals surface area contributed by atoms with Gasteiger partial charge in [-0.2, -0.15) is 0 Å². The maximum absolute atomic E-state index is 13.5. The number of hydrogen-bond donors (Lipinski definition) is 2. The Morgan fingerprint density at radius 3 is 2.79 bits per heavy atom. The van der Waals surface area contributed by atoms with Crippen LogP contribution in [0.2, 0.25) is 0 Å². The molecule has 5 heteroatoms. The molecule has 106 valence electrons. The Morgan fingerprint density at radius 2 is 2.16 bits per heavy atom. The summed E-state index contributed by atoms with van der Waals surface area (Å²) in [6, 6.07) is 4.18. The zero-order valence-electron chi connectivity index (χ0n) is 11.4. The van der Waals surface area contributed by atoms with Crippen molar-refractivity contribution < 1.29 is 14.3 Å². The van der Waals surface area contributed by atoms with E-state index in [1.165, 1.54) is 11.0 Å². The van der Waals surface area contributed by atoms with E-state index in [0.717, 1.165) is 18.4 Å². The lowest BCUT2D eigenvalue weighted by Crippen LogP contribution is -2.37. The second-order valence-corrected chi connectivity index (χ2v) is 4.48. The van der Waals surface area contributed by atoms with Gasteiger partial charge >= 0.3 is 6.03 Å². The molecule has 0 heterocycles. The first-order chi connectivity index (χ1) is 9.08. The molecule has 0 saturated carbocycles. The predicted octanol–water partition coefficient (Wildman–Crippen LogP) is 2.76. The normalized spacial score (nSPS) is 10.3. The number of carbonyl (C=O) groups is 1. The van der Waals surface area contributed by atoms with Crippen LogP contribution in [0, 0.1) is 12.7 Å². The van der Waals surface area contributed by atoms with Crippen LogP contribution in [0.3, 0.4) is 0 Å². The van der Waals surface area contributed by atoms with Crippen molar-refractivity contribution in [3.8, 4) is 0 Å². The van der Waals surface area contributed by atoms with Gasteiger partial charge in [-0.05, 0) is 31.0 Å². The molecule has 1 aromatic carbocycles. The number of rotatable bonds is 6. The van der Waals surface area contributed by atoms with Crippen LogP contribution in [0.1, 0.15) is 25.3 Å². The number of carbonyl (C=O) groups excluding carboxylic acids is 1. The first kappa shape index (κ1) is 15.4. The van der Waals surface area contributed by atoms with Crippen molar-refractivity contribution in [1.82, 2.24) is 4.90 Å². The fourth-order valence-electron chi connectivity index (χ4n) is 1.71. The number of aliphatic hydroxyl groups is 1. The first-order valence-electron chi connectivity index (χ1n) is 6.51. The van der Waals surface area contributed by atoms with Gasteiger partial charge in [0.15, 0.2) is 0 Å². The monoisotopic (exact) mass is 268 g/mol. The molecule has 2 amide bonds. The van der Waals surface area contributed by atoms with E-state index in [9.17, 15) is 9.18 Å². The van der Waals surface area contributed by atoms with E-state index in [1.54, 1.807) is 12.1 Å². The Kier molecular flexibility index (Phi) is 6.29. The predicted molar refractivity (Wildman–Crippen MR) is 73.7 cm³/mol. The number of hydrogen-bond acceptors (Lipinski definition) is 2. The van der Waals surface area contributed by atoms with Crippen LogP contribution in [0.4, 0.5) is 14.9 Å². The minimum atomic E-state index is -0.460. The summed E-state index contributed by atoms with van der Waals surface area (Å²) >= 11 is 0. The van der Waals surface area contributed by atoms with Gasteiger partial charge in [0, 0.05) is 13.1 Å². The Bertz CT molecular complexity index is 424. The van der Waals surface area contributed by atoms with Gasteiger partial charge < -0.3 is 15.3 Å². The van der Waals surface area contributed by atoms with Gasteiger partial charge in [0.25, 0.3) is 0 Å². The molecule has 0 unspecified atom stereocenters. The molecular formula is C14H21FN2O2. The van der Waals surface area contributed by atoms with Gasteiger partial charge in [-0.1, -0.05) is 19.4 Å². The molecule has 4 nitrogen and oxygen atoms in total. The fraction of sp³-hybridized carbons (Fsp3) is 0.500. The Balaban J connectivity index is 2.71. The number of halogens is 1. The zero-order valence-corrected chi connectivity index (χ0v) is 11.4. The van der Waals surface area contributed by atoms with Crippen LogP contribution in [-0.4, -0.2) is 35.7 Å². The minimum Gasteiger partial charge on any atom is -0.395 e. The van der Waals surface area contributed by atoms with E-state index in [2.05, 4.69) is 5.32 Å². The maximum Gasteiger partial charge on any atom is 0.322 e. The number of nitrogens with zero attached hydrogens (tertiary/aromatic N) is 1. The van der Waals surface area contributed by atoms with Crippen molar-refractivity contribution in [2.24, 2.45) is 0 Å². The molecule has 0 atom stereocenters. The molecule has 0 bridgehead atoms. The van der Waals surface area contributed by atoms with Crippen LogP contribution < -0.4 is 5.32 Å². The van der Waals surface area contributed by atoms with Gasteiger partial charge in [-0.15, -0.1) is 0 Å². The molecule has 1 rings (SSSR count). The lowest BCUT2D eigenvalue weighted by atomic mass is 10.2. The molecule has 0 fully saturated rings. The quantitative estimate of drug-likeness (QED) is 0.833. The average molecular weight is 268 g/mol. The number of urea groups is 1. The van der Waals surface area contributed by atoms with Crippen molar-refractivity contribution in [3.63, 3.8) is 0 Å². The highest BCUT2D eigenvalue weighted by Crippen LogP contribution is 2.16. The van der Waals surface area contributed by atoms with Crippen LogP contribution in [-0.2, 0) is 0 Å². The number of benzene rings is 1. The topological polar surface area (TPSA) is 52.6 Å². The molecule has 0 aliphatic rings. The number of aliphatic hydroxyl groups excluding tert-OH is 1. The first-order valence-corrected chi connectivity index (χ1v) is 6.51. The summed E-state index contributed by atoms with van der Waals surface area (Å²) in [6.07, 6.45) is 1.80. The maximum atomic E-state index is 13.5. The fourth-order valence-corrected chi connectivity index (χ4v) is 1.71. The van der Waals surface area contributed by atoms with E-state index in [1.807, 2.05) is 13.8 Å². The molecule has 0 aliphatic heterocycles. The summed E-state index contributed by atoms with van der Waals surface area (Å²) in [5, 5.41) is 11.5. The summed E-state index contributed by atoms with van der Waals surface area (Å²) in [4.78, 5) is 13.5. The van der Waals surface area contributed by atoms with Gasteiger partial charge in [-0.3, -0.25) is 0 Å². The van der Waals surface area contributed by atoms with Gasteiger partial charge in [0.05, 0.1) is 12.3 Å². The summed E-state index contributed by atoms with van der Waals surface area (Å²) in [5.41, 5.74) is 1.04. The SMILES string of the molecule is CCCCN(CCO)C(=O)Nc1cc(C)ccc1F. The van der Waals surface area contributed by atoms with Crippen LogP contribution >= 0.6 is 0 Å².